The van der Waals surface area contributed by atoms with E-state index < -0.39 is 0 Å². The van der Waals surface area contributed by atoms with Crippen LogP contribution in [-0.2, 0) is 9.47 Å². The topological polar surface area (TPSA) is 44.5 Å². The first-order chi connectivity index (χ1) is 6.30. The summed E-state index contributed by atoms with van der Waals surface area (Å²) in [6, 6.07) is 0. The van der Waals surface area contributed by atoms with Gasteiger partial charge in [-0.3, -0.25) is 0 Å². The van der Waals surface area contributed by atoms with E-state index in [-0.39, 0.29) is 0 Å². The highest BCUT2D eigenvalue weighted by Gasteiger charge is 2.14. The van der Waals surface area contributed by atoms with E-state index in [2.05, 4.69) is 12.2 Å². The summed E-state index contributed by atoms with van der Waals surface area (Å²) in [5.74, 6) is 2.30. The van der Waals surface area contributed by atoms with Crippen LogP contribution in [0.4, 0.5) is 0 Å². The van der Waals surface area contributed by atoms with Crippen LogP contribution in [0.3, 0.4) is 0 Å². The van der Waals surface area contributed by atoms with E-state index in [1.807, 2.05) is 0 Å². The van der Waals surface area contributed by atoms with Crippen LogP contribution in [0.5, 0.6) is 0 Å². The maximum Gasteiger partial charge on any atom is 0.0996 e. The summed E-state index contributed by atoms with van der Waals surface area (Å²) in [7, 11) is 3.37. The molecule has 0 unspecified atom stereocenters. The molecule has 0 saturated carbocycles. The van der Waals surface area contributed by atoms with Crippen molar-refractivity contribution in [2.45, 2.75) is 12.8 Å². The van der Waals surface area contributed by atoms with Crippen LogP contribution in [0.15, 0.2) is 23.7 Å². The number of allylic oxidation sites excluding steroid dienone is 2. The molecule has 0 aromatic heterocycles. The van der Waals surface area contributed by atoms with Crippen molar-refractivity contribution >= 4 is 0 Å². The van der Waals surface area contributed by atoms with Crippen molar-refractivity contribution in [3.8, 4) is 0 Å². The molecule has 1 aliphatic carbocycles. The zero-order valence-corrected chi connectivity index (χ0v) is 8.25. The van der Waals surface area contributed by atoms with E-state index in [9.17, 15) is 0 Å². The molecule has 0 atom stereocenters. The Hall–Kier alpha value is -0.960. The average molecular weight is 183 g/mol. The van der Waals surface area contributed by atoms with Gasteiger partial charge in [0.2, 0.25) is 0 Å². The van der Waals surface area contributed by atoms with Crippen molar-refractivity contribution in [2.75, 3.05) is 20.8 Å². The largest absolute Gasteiger partial charge is 0.501 e. The molecule has 0 amide bonds. The first-order valence-corrected chi connectivity index (χ1v) is 4.49. The molecular weight excluding hydrogens is 166 g/mol. The fourth-order valence-electron chi connectivity index (χ4n) is 1.45. The van der Waals surface area contributed by atoms with Gasteiger partial charge in [-0.05, 0) is 25.1 Å². The van der Waals surface area contributed by atoms with Gasteiger partial charge >= 0.3 is 0 Å². The van der Waals surface area contributed by atoms with Crippen molar-refractivity contribution in [2.24, 2.45) is 11.7 Å². The minimum absolute atomic E-state index is 0.364. The molecule has 3 heteroatoms. The predicted octanol–water partition coefficient (Wildman–Crippen LogP) is 1.42. The Bertz CT molecular complexity index is 201. The molecule has 0 radical (unpaired) electrons. The van der Waals surface area contributed by atoms with Crippen LogP contribution in [-0.4, -0.2) is 20.8 Å². The van der Waals surface area contributed by atoms with E-state index in [4.69, 9.17) is 15.2 Å². The van der Waals surface area contributed by atoms with Crippen molar-refractivity contribution < 1.29 is 9.47 Å². The molecule has 2 N–H and O–H groups in total. The molecule has 0 aromatic rings. The predicted molar refractivity (Wildman–Crippen MR) is 52.0 cm³/mol. The molecule has 0 bridgehead atoms. The summed E-state index contributed by atoms with van der Waals surface area (Å²) in [4.78, 5) is 0. The molecule has 74 valence electrons. The Kier molecular flexibility index (Phi) is 3.83. The minimum Gasteiger partial charge on any atom is -0.501 e. The maximum absolute atomic E-state index is 5.49. The standard InChI is InChI=1S/C10H17NO2/c1-12-9-5-8(3-4-11)6-10(7-9)13-2/h5-6,8H,3-4,7,11H2,1-2H3. The summed E-state index contributed by atoms with van der Waals surface area (Å²) < 4.78 is 10.4. The summed E-state index contributed by atoms with van der Waals surface area (Å²) >= 11 is 0. The van der Waals surface area contributed by atoms with Gasteiger partial charge in [-0.25, -0.2) is 0 Å². The first kappa shape index (κ1) is 10.1. The minimum atomic E-state index is 0.364. The highest BCUT2D eigenvalue weighted by molar-refractivity contribution is 5.18. The third-order valence-corrected chi connectivity index (χ3v) is 2.17. The van der Waals surface area contributed by atoms with E-state index >= 15 is 0 Å². The Morgan fingerprint density at radius 1 is 1.31 bits per heavy atom. The molecular formula is C10H17NO2. The highest BCUT2D eigenvalue weighted by atomic mass is 16.5. The van der Waals surface area contributed by atoms with Crippen molar-refractivity contribution in [1.82, 2.24) is 0 Å². The van der Waals surface area contributed by atoms with Gasteiger partial charge in [-0.1, -0.05) is 0 Å². The zero-order chi connectivity index (χ0) is 9.68. The van der Waals surface area contributed by atoms with E-state index in [0.29, 0.717) is 12.5 Å². The lowest BCUT2D eigenvalue weighted by Gasteiger charge is -2.18. The monoisotopic (exact) mass is 183 g/mol. The van der Waals surface area contributed by atoms with Crippen molar-refractivity contribution in [1.29, 1.82) is 0 Å². The van der Waals surface area contributed by atoms with Crippen LogP contribution >= 0.6 is 0 Å². The molecule has 0 fully saturated rings. The molecule has 3 nitrogen and oxygen atoms in total. The lowest BCUT2D eigenvalue weighted by Crippen LogP contribution is -2.10. The number of nitrogens with two attached hydrogens (primary N) is 1. The molecule has 0 aromatic carbocycles. The summed E-state index contributed by atoms with van der Waals surface area (Å²) in [6.07, 6.45) is 5.92. The highest BCUT2D eigenvalue weighted by Crippen LogP contribution is 2.24. The van der Waals surface area contributed by atoms with Crippen molar-refractivity contribution in [3.05, 3.63) is 23.7 Å². The second-order valence-electron chi connectivity index (χ2n) is 3.09. The molecule has 1 aliphatic rings. The molecule has 0 spiro atoms. The number of hydrogen-bond donors (Lipinski definition) is 1. The quantitative estimate of drug-likeness (QED) is 0.716. The summed E-state index contributed by atoms with van der Waals surface area (Å²) in [6.45, 7) is 0.686. The summed E-state index contributed by atoms with van der Waals surface area (Å²) in [5, 5.41) is 0. The Labute approximate surface area is 79.2 Å². The smallest absolute Gasteiger partial charge is 0.0996 e. The Morgan fingerprint density at radius 3 is 2.23 bits per heavy atom. The Morgan fingerprint density at radius 2 is 1.85 bits per heavy atom. The fraction of sp³-hybridized carbons (Fsp3) is 0.600. The SMILES string of the molecule is COC1=CC(CCN)C=C(OC)C1. The van der Waals surface area contributed by atoms with Crippen molar-refractivity contribution in [3.63, 3.8) is 0 Å². The average Bonchev–Trinajstić information content (AvgIpc) is 2.17. The van der Waals surface area contributed by atoms with E-state index in [0.717, 1.165) is 24.4 Å². The number of hydrogen-bond acceptors (Lipinski definition) is 3. The van der Waals surface area contributed by atoms with Crippen LogP contribution in [0, 0.1) is 5.92 Å². The first-order valence-electron chi connectivity index (χ1n) is 4.49. The fourth-order valence-corrected chi connectivity index (χ4v) is 1.45. The second kappa shape index (κ2) is 4.92. The third kappa shape index (κ3) is 2.77. The Balaban J connectivity index is 2.64. The molecule has 1 rings (SSSR count). The van der Waals surface area contributed by atoms with Gasteiger partial charge in [0.05, 0.1) is 32.2 Å². The van der Waals surface area contributed by atoms with Crippen LogP contribution in [0.25, 0.3) is 0 Å². The summed E-state index contributed by atoms with van der Waals surface area (Å²) in [5.41, 5.74) is 5.49. The van der Waals surface area contributed by atoms with Gasteiger partial charge in [-0.15, -0.1) is 0 Å². The van der Waals surface area contributed by atoms with Crippen LogP contribution in [0.1, 0.15) is 12.8 Å². The number of rotatable bonds is 4. The van der Waals surface area contributed by atoms with Gasteiger partial charge < -0.3 is 15.2 Å². The van der Waals surface area contributed by atoms with E-state index in [1.54, 1.807) is 14.2 Å². The zero-order valence-electron chi connectivity index (χ0n) is 8.25. The molecule has 13 heavy (non-hydrogen) atoms. The normalized spacial score (nSPS) is 17.8. The van der Waals surface area contributed by atoms with E-state index in [1.165, 1.54) is 0 Å². The van der Waals surface area contributed by atoms with Gasteiger partial charge in [0.25, 0.3) is 0 Å². The molecule has 0 heterocycles. The third-order valence-electron chi connectivity index (χ3n) is 2.17. The number of ether oxygens (including phenoxy) is 2. The van der Waals surface area contributed by atoms with Gasteiger partial charge in [-0.2, -0.15) is 0 Å². The van der Waals surface area contributed by atoms with Gasteiger partial charge in [0, 0.05) is 5.92 Å². The van der Waals surface area contributed by atoms with Crippen LogP contribution in [0.2, 0.25) is 0 Å². The lowest BCUT2D eigenvalue weighted by molar-refractivity contribution is 0.228. The maximum atomic E-state index is 5.49. The van der Waals surface area contributed by atoms with Crippen LogP contribution < -0.4 is 5.73 Å². The van der Waals surface area contributed by atoms with Gasteiger partial charge in [0.15, 0.2) is 0 Å². The second-order valence-corrected chi connectivity index (χ2v) is 3.09. The lowest BCUT2D eigenvalue weighted by atomic mass is 9.97. The van der Waals surface area contributed by atoms with Gasteiger partial charge in [0.1, 0.15) is 0 Å². The molecule has 0 aliphatic heterocycles. The number of methoxy groups -OCH3 is 2. The molecule has 0 saturated heterocycles.